The van der Waals surface area contributed by atoms with E-state index in [-0.39, 0.29) is 17.7 Å². The molecular formula is C21H28N4O3. The molecule has 1 heterocycles. The number of hydrogen-bond donors (Lipinski definition) is 1. The molecule has 0 aromatic heterocycles. The number of nitrogens with zero attached hydrogens (tertiary/aromatic N) is 3. The molecule has 1 aromatic rings. The number of piperazine rings is 1. The van der Waals surface area contributed by atoms with Crippen molar-refractivity contribution in [1.82, 2.24) is 15.1 Å². The van der Waals surface area contributed by atoms with E-state index in [2.05, 4.69) is 12.2 Å². The third kappa shape index (κ3) is 5.74. The monoisotopic (exact) mass is 384 g/mol. The second kappa shape index (κ2) is 10.4. The molecule has 1 aliphatic rings. The smallest absolute Gasteiger partial charge is 0.409 e. The zero-order valence-electron chi connectivity index (χ0n) is 16.8. The highest BCUT2D eigenvalue weighted by Crippen LogP contribution is 2.15. The fourth-order valence-electron chi connectivity index (χ4n) is 2.97. The van der Waals surface area contributed by atoms with Crippen LogP contribution < -0.4 is 5.32 Å². The number of aryl methyl sites for hydroxylation is 1. The number of nitrogens with one attached hydrogen (secondary N) is 1. The average Bonchev–Trinajstić information content (AvgIpc) is 2.72. The molecule has 150 valence electrons. The van der Waals surface area contributed by atoms with E-state index >= 15 is 0 Å². The van der Waals surface area contributed by atoms with Gasteiger partial charge in [-0.3, -0.25) is 4.79 Å². The number of hydrogen-bond acceptors (Lipinski definition) is 5. The highest BCUT2D eigenvalue weighted by Gasteiger charge is 2.22. The van der Waals surface area contributed by atoms with Crippen LogP contribution in [0.1, 0.15) is 37.9 Å². The Morgan fingerprint density at radius 1 is 1.21 bits per heavy atom. The minimum atomic E-state index is -0.401. The van der Waals surface area contributed by atoms with Crippen LogP contribution in [0.4, 0.5) is 4.79 Å². The maximum Gasteiger partial charge on any atom is 0.409 e. The third-order valence-corrected chi connectivity index (χ3v) is 4.75. The molecular weight excluding hydrogens is 356 g/mol. The summed E-state index contributed by atoms with van der Waals surface area (Å²) in [5.41, 5.74) is 2.29. The molecule has 1 aliphatic heterocycles. The Kier molecular flexibility index (Phi) is 7.88. The molecule has 28 heavy (non-hydrogen) atoms. The van der Waals surface area contributed by atoms with E-state index in [0.29, 0.717) is 32.8 Å². The summed E-state index contributed by atoms with van der Waals surface area (Å²) in [4.78, 5) is 27.8. The summed E-state index contributed by atoms with van der Waals surface area (Å²) in [7, 11) is 0. The van der Waals surface area contributed by atoms with Gasteiger partial charge in [0, 0.05) is 32.4 Å². The summed E-state index contributed by atoms with van der Waals surface area (Å²) < 4.78 is 4.99. The van der Waals surface area contributed by atoms with E-state index in [0.717, 1.165) is 12.0 Å². The van der Waals surface area contributed by atoms with Crippen LogP contribution >= 0.6 is 0 Å². The average molecular weight is 384 g/mol. The maximum absolute atomic E-state index is 12.5. The van der Waals surface area contributed by atoms with Gasteiger partial charge in [-0.15, -0.1) is 0 Å². The minimum Gasteiger partial charge on any atom is -0.450 e. The van der Waals surface area contributed by atoms with Gasteiger partial charge in [-0.25, -0.2) is 4.79 Å². The lowest BCUT2D eigenvalue weighted by molar-refractivity contribution is -0.117. The molecule has 7 heteroatoms. The molecule has 2 rings (SSSR count). The van der Waals surface area contributed by atoms with Gasteiger partial charge in [-0.2, -0.15) is 5.26 Å². The largest absolute Gasteiger partial charge is 0.450 e. The molecule has 1 saturated heterocycles. The van der Waals surface area contributed by atoms with Gasteiger partial charge in [0.15, 0.2) is 0 Å². The molecule has 1 fully saturated rings. The first-order valence-corrected chi connectivity index (χ1v) is 9.65. The first-order valence-electron chi connectivity index (χ1n) is 9.65. The highest BCUT2D eigenvalue weighted by molar-refractivity contribution is 5.97. The van der Waals surface area contributed by atoms with Crippen LogP contribution in [-0.2, 0) is 16.0 Å². The van der Waals surface area contributed by atoms with Crippen LogP contribution in [0.15, 0.2) is 36.0 Å². The van der Waals surface area contributed by atoms with Crippen molar-refractivity contribution < 1.29 is 14.3 Å². The zero-order chi connectivity index (χ0) is 20.5. The number of carbonyl (C=O) groups is 2. The predicted molar refractivity (Wildman–Crippen MR) is 106 cm³/mol. The second-order valence-corrected chi connectivity index (χ2v) is 6.67. The van der Waals surface area contributed by atoms with Crippen LogP contribution in [0.3, 0.4) is 0 Å². The van der Waals surface area contributed by atoms with E-state index in [9.17, 15) is 14.9 Å². The first kappa shape index (κ1) is 21.3. The molecule has 0 saturated carbocycles. The third-order valence-electron chi connectivity index (χ3n) is 4.75. The van der Waals surface area contributed by atoms with Gasteiger partial charge in [-0.1, -0.05) is 31.2 Å². The van der Waals surface area contributed by atoms with Gasteiger partial charge in [0.25, 0.3) is 5.91 Å². The summed E-state index contributed by atoms with van der Waals surface area (Å²) in [5.74, 6) is -0.401. The van der Waals surface area contributed by atoms with Crippen LogP contribution in [0.5, 0.6) is 0 Å². The number of carbonyl (C=O) groups excluding carboxylic acids is 2. The van der Waals surface area contributed by atoms with Crippen molar-refractivity contribution in [3.63, 3.8) is 0 Å². The van der Waals surface area contributed by atoms with Crippen molar-refractivity contribution >= 4 is 12.0 Å². The Morgan fingerprint density at radius 2 is 1.86 bits per heavy atom. The van der Waals surface area contributed by atoms with Gasteiger partial charge in [0.05, 0.1) is 12.6 Å². The lowest BCUT2D eigenvalue weighted by Gasteiger charge is -2.33. The van der Waals surface area contributed by atoms with Crippen LogP contribution in [0, 0.1) is 11.3 Å². The van der Waals surface area contributed by atoms with Gasteiger partial charge in [0.2, 0.25) is 0 Å². The van der Waals surface area contributed by atoms with Crippen LogP contribution in [0.25, 0.3) is 0 Å². The van der Waals surface area contributed by atoms with E-state index in [4.69, 9.17) is 4.74 Å². The predicted octanol–water partition coefficient (Wildman–Crippen LogP) is 2.61. The molecule has 1 atom stereocenters. The molecule has 2 amide bonds. The SMILES string of the molecule is CCOC(=O)N1CCN(/C=C(/C#N)C(=O)NC(C)c2ccc(CC)cc2)CC1. The lowest BCUT2D eigenvalue weighted by atomic mass is 10.0. The summed E-state index contributed by atoms with van der Waals surface area (Å²) in [6, 6.07) is 9.86. The number of ether oxygens (including phenoxy) is 1. The first-order chi connectivity index (χ1) is 13.5. The minimum absolute atomic E-state index is 0.0570. The Bertz CT molecular complexity index is 744. The molecule has 0 spiro atoms. The molecule has 0 radical (unpaired) electrons. The van der Waals surface area contributed by atoms with Crippen molar-refractivity contribution in [1.29, 1.82) is 5.26 Å². The van der Waals surface area contributed by atoms with E-state index in [1.807, 2.05) is 42.2 Å². The fourth-order valence-corrected chi connectivity index (χ4v) is 2.97. The number of benzene rings is 1. The zero-order valence-corrected chi connectivity index (χ0v) is 16.8. The van der Waals surface area contributed by atoms with Gasteiger partial charge in [0.1, 0.15) is 11.6 Å². The van der Waals surface area contributed by atoms with Crippen molar-refractivity contribution in [3.8, 4) is 6.07 Å². The number of rotatable bonds is 6. The van der Waals surface area contributed by atoms with Crippen LogP contribution in [0.2, 0.25) is 0 Å². The Morgan fingerprint density at radius 3 is 2.39 bits per heavy atom. The maximum atomic E-state index is 12.5. The summed E-state index contributed by atoms with van der Waals surface area (Å²) in [6.45, 7) is 8.19. The topological polar surface area (TPSA) is 85.7 Å². The summed E-state index contributed by atoms with van der Waals surface area (Å²) in [6.07, 6.45) is 2.21. The van der Waals surface area contributed by atoms with Gasteiger partial charge < -0.3 is 19.9 Å². The van der Waals surface area contributed by atoms with Gasteiger partial charge >= 0.3 is 6.09 Å². The van der Waals surface area contributed by atoms with Crippen molar-refractivity contribution in [2.75, 3.05) is 32.8 Å². The molecule has 1 unspecified atom stereocenters. The second-order valence-electron chi connectivity index (χ2n) is 6.67. The Balaban J connectivity index is 1.93. The van der Waals surface area contributed by atoms with E-state index in [1.54, 1.807) is 18.0 Å². The van der Waals surface area contributed by atoms with E-state index < -0.39 is 5.91 Å². The van der Waals surface area contributed by atoms with Crippen molar-refractivity contribution in [2.24, 2.45) is 0 Å². The molecule has 1 aromatic carbocycles. The quantitative estimate of drug-likeness (QED) is 0.602. The van der Waals surface area contributed by atoms with Crippen molar-refractivity contribution in [3.05, 3.63) is 47.2 Å². The van der Waals surface area contributed by atoms with Gasteiger partial charge in [-0.05, 0) is 31.4 Å². The number of amides is 2. The summed E-state index contributed by atoms with van der Waals surface area (Å²) >= 11 is 0. The lowest BCUT2D eigenvalue weighted by Crippen LogP contribution is -2.47. The Labute approximate surface area is 166 Å². The van der Waals surface area contributed by atoms with E-state index in [1.165, 1.54) is 5.56 Å². The van der Waals surface area contributed by atoms with Crippen molar-refractivity contribution in [2.45, 2.75) is 33.2 Å². The summed E-state index contributed by atoms with van der Waals surface area (Å²) in [5, 5.41) is 12.3. The number of nitriles is 1. The fraction of sp³-hybridized carbons (Fsp3) is 0.476. The molecule has 0 aliphatic carbocycles. The normalized spacial score (nSPS) is 15.6. The molecule has 1 N–H and O–H groups in total. The Hall–Kier alpha value is -3.01. The van der Waals surface area contributed by atoms with Crippen LogP contribution in [-0.4, -0.2) is 54.6 Å². The molecule has 7 nitrogen and oxygen atoms in total. The molecule has 0 bridgehead atoms. The highest BCUT2D eigenvalue weighted by atomic mass is 16.6. The standard InChI is InChI=1S/C21H28N4O3/c1-4-17-6-8-18(9-7-17)16(3)23-20(26)19(14-22)15-24-10-12-25(13-11-24)21(27)28-5-2/h6-9,15-16H,4-5,10-13H2,1-3H3,(H,23,26)/b19-15-.